The SMILES string of the molecule is N#Cc1ccc(NC(=O)Nc2nc3ccc(C(F)(F)F)cc3s2)cc1C#N. The van der Waals surface area contributed by atoms with Crippen molar-refractivity contribution in [2.45, 2.75) is 6.18 Å². The molecule has 6 nitrogen and oxygen atoms in total. The van der Waals surface area contributed by atoms with E-state index in [0.717, 1.165) is 23.5 Å². The number of nitrogens with one attached hydrogen (secondary N) is 2. The Hall–Kier alpha value is -3.63. The third kappa shape index (κ3) is 3.97. The van der Waals surface area contributed by atoms with Crippen LogP contribution in [-0.2, 0) is 6.18 Å². The topological polar surface area (TPSA) is 102 Å². The highest BCUT2D eigenvalue weighted by atomic mass is 32.1. The summed E-state index contributed by atoms with van der Waals surface area (Å²) in [5.41, 5.74) is 0.0956. The number of amides is 2. The molecule has 3 rings (SSSR count). The molecule has 2 N–H and O–H groups in total. The number of thiazole rings is 1. The average Bonchev–Trinajstić information content (AvgIpc) is 3.01. The number of fused-ring (bicyclic) bond motifs is 1. The van der Waals surface area contributed by atoms with Gasteiger partial charge in [-0.15, -0.1) is 0 Å². The van der Waals surface area contributed by atoms with E-state index in [4.69, 9.17) is 10.5 Å². The Morgan fingerprint density at radius 3 is 2.44 bits per heavy atom. The standard InChI is InChI=1S/C17H8F3N5OS/c18-17(19,20)11-2-4-13-14(6-11)27-16(24-13)25-15(26)23-12-3-1-9(7-21)10(5-12)8-22/h1-6H,(H2,23,24,25,26). The summed E-state index contributed by atoms with van der Waals surface area (Å²) in [6.45, 7) is 0. The highest BCUT2D eigenvalue weighted by Crippen LogP contribution is 2.34. The Balaban J connectivity index is 1.76. The van der Waals surface area contributed by atoms with Gasteiger partial charge in [0.05, 0.1) is 26.9 Å². The van der Waals surface area contributed by atoms with Crippen molar-refractivity contribution >= 4 is 38.4 Å². The quantitative estimate of drug-likeness (QED) is 0.665. The lowest BCUT2D eigenvalue weighted by molar-refractivity contribution is -0.137. The molecular weight excluding hydrogens is 379 g/mol. The van der Waals surface area contributed by atoms with Gasteiger partial charge in [-0.1, -0.05) is 11.3 Å². The number of halogens is 3. The number of carbonyl (C=O) groups is 1. The molecule has 0 unspecified atom stereocenters. The van der Waals surface area contributed by atoms with Gasteiger partial charge in [-0.05, 0) is 36.4 Å². The van der Waals surface area contributed by atoms with Crippen LogP contribution in [0.3, 0.4) is 0 Å². The summed E-state index contributed by atoms with van der Waals surface area (Å²) in [6.07, 6.45) is -4.46. The minimum atomic E-state index is -4.46. The molecule has 0 aliphatic carbocycles. The fourth-order valence-electron chi connectivity index (χ4n) is 2.23. The van der Waals surface area contributed by atoms with Crippen molar-refractivity contribution in [3.63, 3.8) is 0 Å². The second kappa shape index (κ2) is 6.94. The first-order valence-electron chi connectivity index (χ1n) is 7.30. The maximum Gasteiger partial charge on any atom is 0.416 e. The maximum absolute atomic E-state index is 12.8. The number of aromatic nitrogens is 1. The van der Waals surface area contributed by atoms with Gasteiger partial charge < -0.3 is 5.32 Å². The van der Waals surface area contributed by atoms with E-state index in [1.54, 1.807) is 0 Å². The largest absolute Gasteiger partial charge is 0.416 e. The molecule has 3 aromatic rings. The molecule has 2 amide bonds. The maximum atomic E-state index is 12.8. The number of hydrogen-bond donors (Lipinski definition) is 2. The minimum Gasteiger partial charge on any atom is -0.308 e. The van der Waals surface area contributed by atoms with Crippen molar-refractivity contribution in [3.05, 3.63) is 53.1 Å². The molecule has 1 heterocycles. The number of alkyl halides is 3. The molecule has 0 aliphatic heterocycles. The molecular formula is C17H8F3N5OS. The number of anilines is 2. The lowest BCUT2D eigenvalue weighted by Crippen LogP contribution is -2.19. The predicted octanol–water partition coefficient (Wildman–Crippen LogP) is 4.70. The van der Waals surface area contributed by atoms with Gasteiger partial charge in [0.2, 0.25) is 0 Å². The van der Waals surface area contributed by atoms with Gasteiger partial charge in [0.25, 0.3) is 0 Å². The van der Waals surface area contributed by atoms with Crippen LogP contribution in [-0.4, -0.2) is 11.0 Å². The second-order valence-corrected chi connectivity index (χ2v) is 6.29. The van der Waals surface area contributed by atoms with E-state index in [0.29, 0.717) is 5.52 Å². The average molecular weight is 387 g/mol. The Morgan fingerprint density at radius 2 is 1.78 bits per heavy atom. The molecule has 10 heteroatoms. The van der Waals surface area contributed by atoms with E-state index in [9.17, 15) is 18.0 Å². The fourth-order valence-corrected chi connectivity index (χ4v) is 3.13. The number of urea groups is 1. The smallest absolute Gasteiger partial charge is 0.308 e. The van der Waals surface area contributed by atoms with E-state index >= 15 is 0 Å². The first kappa shape index (κ1) is 18.2. The molecule has 1 aromatic heterocycles. The molecule has 134 valence electrons. The summed E-state index contributed by atoms with van der Waals surface area (Å²) in [5, 5.41) is 22.9. The van der Waals surface area contributed by atoms with Crippen LogP contribution in [0.1, 0.15) is 16.7 Å². The molecule has 0 radical (unpaired) electrons. The van der Waals surface area contributed by atoms with Crippen LogP contribution in [0, 0.1) is 22.7 Å². The summed E-state index contributed by atoms with van der Waals surface area (Å²) >= 11 is 0.902. The molecule has 27 heavy (non-hydrogen) atoms. The van der Waals surface area contributed by atoms with Crippen molar-refractivity contribution in [1.82, 2.24) is 4.98 Å². The van der Waals surface area contributed by atoms with Crippen molar-refractivity contribution in [2.75, 3.05) is 10.6 Å². The monoisotopic (exact) mass is 387 g/mol. The Kier molecular flexibility index (Phi) is 4.67. The van der Waals surface area contributed by atoms with E-state index < -0.39 is 17.8 Å². The number of nitriles is 2. The predicted molar refractivity (Wildman–Crippen MR) is 93.1 cm³/mol. The van der Waals surface area contributed by atoms with Gasteiger partial charge in [-0.25, -0.2) is 9.78 Å². The van der Waals surface area contributed by atoms with Crippen molar-refractivity contribution in [1.29, 1.82) is 10.5 Å². The van der Waals surface area contributed by atoms with E-state index in [1.807, 2.05) is 12.1 Å². The summed E-state index contributed by atoms with van der Waals surface area (Å²) in [7, 11) is 0. The van der Waals surface area contributed by atoms with Crippen molar-refractivity contribution in [2.24, 2.45) is 0 Å². The molecule has 0 saturated heterocycles. The highest BCUT2D eigenvalue weighted by molar-refractivity contribution is 7.22. The second-order valence-electron chi connectivity index (χ2n) is 5.26. The first-order chi connectivity index (χ1) is 12.8. The van der Waals surface area contributed by atoms with Crippen molar-refractivity contribution < 1.29 is 18.0 Å². The van der Waals surface area contributed by atoms with Gasteiger partial charge in [0.1, 0.15) is 12.1 Å². The normalized spacial score (nSPS) is 10.9. The van der Waals surface area contributed by atoms with Crippen LogP contribution in [0.15, 0.2) is 36.4 Å². The van der Waals surface area contributed by atoms with Crippen molar-refractivity contribution in [3.8, 4) is 12.1 Å². The Bertz CT molecular complexity index is 1120. The first-order valence-corrected chi connectivity index (χ1v) is 8.12. The van der Waals surface area contributed by atoms with Gasteiger partial charge in [0, 0.05) is 5.69 Å². The van der Waals surface area contributed by atoms with Gasteiger partial charge >= 0.3 is 12.2 Å². The Labute approximate surface area is 154 Å². The molecule has 0 saturated carbocycles. The number of benzene rings is 2. The lowest BCUT2D eigenvalue weighted by Gasteiger charge is -2.06. The fraction of sp³-hybridized carbons (Fsp3) is 0.0588. The number of carbonyl (C=O) groups excluding carboxylic acids is 1. The number of nitrogens with zero attached hydrogens (tertiary/aromatic N) is 3. The molecule has 0 atom stereocenters. The summed E-state index contributed by atoms with van der Waals surface area (Å²) in [4.78, 5) is 16.1. The Morgan fingerprint density at radius 1 is 1.04 bits per heavy atom. The molecule has 0 spiro atoms. The van der Waals surface area contributed by atoms with Crippen LogP contribution < -0.4 is 10.6 Å². The lowest BCUT2D eigenvalue weighted by atomic mass is 10.1. The molecule has 0 aliphatic rings. The van der Waals surface area contributed by atoms with Gasteiger partial charge in [0.15, 0.2) is 5.13 Å². The third-order valence-electron chi connectivity index (χ3n) is 3.45. The van der Waals surface area contributed by atoms with Crippen LogP contribution in [0.4, 0.5) is 28.8 Å². The summed E-state index contributed by atoms with van der Waals surface area (Å²) in [5.74, 6) is 0. The minimum absolute atomic E-state index is 0.106. The van der Waals surface area contributed by atoms with Gasteiger partial charge in [-0.2, -0.15) is 23.7 Å². The van der Waals surface area contributed by atoms with Crippen LogP contribution in [0.25, 0.3) is 10.2 Å². The summed E-state index contributed by atoms with van der Waals surface area (Å²) < 4.78 is 38.5. The summed E-state index contributed by atoms with van der Waals surface area (Å²) in [6, 6.07) is 10.3. The van der Waals surface area contributed by atoms with E-state index in [-0.39, 0.29) is 26.6 Å². The van der Waals surface area contributed by atoms with Crippen LogP contribution in [0.5, 0.6) is 0 Å². The number of hydrogen-bond acceptors (Lipinski definition) is 5. The highest BCUT2D eigenvalue weighted by Gasteiger charge is 2.30. The third-order valence-corrected chi connectivity index (χ3v) is 4.39. The molecule has 2 aromatic carbocycles. The van der Waals surface area contributed by atoms with Gasteiger partial charge in [-0.3, -0.25) is 5.32 Å². The zero-order valence-corrected chi connectivity index (χ0v) is 14.1. The molecule has 0 fully saturated rings. The number of rotatable bonds is 2. The molecule has 0 bridgehead atoms. The van der Waals surface area contributed by atoms with E-state index in [1.165, 1.54) is 24.3 Å². The van der Waals surface area contributed by atoms with Crippen LogP contribution >= 0.6 is 11.3 Å². The zero-order chi connectivity index (χ0) is 19.6. The zero-order valence-electron chi connectivity index (χ0n) is 13.3. The van der Waals surface area contributed by atoms with E-state index in [2.05, 4.69) is 15.6 Å². The van der Waals surface area contributed by atoms with Crippen LogP contribution in [0.2, 0.25) is 0 Å².